The molecule has 1 heterocycles. The van der Waals surface area contributed by atoms with Crippen molar-refractivity contribution in [3.05, 3.63) is 11.8 Å². The van der Waals surface area contributed by atoms with Gasteiger partial charge in [-0.25, -0.2) is 22.2 Å². The second-order valence-electron chi connectivity index (χ2n) is 2.70. The summed E-state index contributed by atoms with van der Waals surface area (Å²) >= 11 is 0. The minimum Gasteiger partial charge on any atom is -0.481 e. The molecule has 0 aliphatic carbocycles. The smallest absolute Gasteiger partial charge is 0.271 e. The van der Waals surface area contributed by atoms with Gasteiger partial charge in [0.2, 0.25) is 5.88 Å². The Balaban J connectivity index is 3.57. The molecule has 0 radical (unpaired) electrons. The molecule has 0 fully saturated rings. The van der Waals surface area contributed by atoms with Crippen molar-refractivity contribution in [3.63, 3.8) is 0 Å². The van der Waals surface area contributed by atoms with Crippen molar-refractivity contribution in [1.82, 2.24) is 4.98 Å². The molecule has 0 saturated carbocycles. The van der Waals surface area contributed by atoms with Gasteiger partial charge < -0.3 is 10.5 Å². The van der Waals surface area contributed by atoms with E-state index in [0.29, 0.717) is 0 Å². The van der Waals surface area contributed by atoms with Crippen LogP contribution in [-0.2, 0) is 9.05 Å². The number of alkyl halides is 2. The monoisotopic (exact) mass is 272 g/mol. The van der Waals surface area contributed by atoms with Crippen molar-refractivity contribution < 1.29 is 21.9 Å². The van der Waals surface area contributed by atoms with E-state index in [1.54, 1.807) is 0 Å². The first-order valence-corrected chi connectivity index (χ1v) is 6.15. The van der Waals surface area contributed by atoms with Gasteiger partial charge in [0.25, 0.3) is 15.5 Å². The molecule has 0 aliphatic heterocycles. The Morgan fingerprint density at radius 3 is 2.50 bits per heavy atom. The van der Waals surface area contributed by atoms with Crippen molar-refractivity contribution in [2.75, 3.05) is 12.8 Å². The van der Waals surface area contributed by atoms with Crippen LogP contribution in [0.2, 0.25) is 0 Å². The minimum absolute atomic E-state index is 0.434. The number of halogens is 3. The lowest BCUT2D eigenvalue weighted by Gasteiger charge is -2.11. The Hall–Kier alpha value is -1.15. The van der Waals surface area contributed by atoms with Crippen molar-refractivity contribution in [2.45, 2.75) is 11.3 Å². The quantitative estimate of drug-likeness (QED) is 0.844. The van der Waals surface area contributed by atoms with Crippen molar-refractivity contribution in [3.8, 4) is 5.88 Å². The Bertz CT molecular complexity index is 507. The Morgan fingerprint density at radius 2 is 2.12 bits per heavy atom. The number of hydrogen-bond donors (Lipinski definition) is 1. The highest BCUT2D eigenvalue weighted by Gasteiger charge is 2.26. The number of rotatable bonds is 3. The van der Waals surface area contributed by atoms with Crippen molar-refractivity contribution in [1.29, 1.82) is 0 Å². The van der Waals surface area contributed by atoms with Gasteiger partial charge in [-0.3, -0.25) is 0 Å². The highest BCUT2D eigenvalue weighted by atomic mass is 35.7. The van der Waals surface area contributed by atoms with Crippen LogP contribution in [0.25, 0.3) is 0 Å². The molecule has 90 valence electrons. The number of pyridine rings is 1. The maximum atomic E-state index is 12.6. The summed E-state index contributed by atoms with van der Waals surface area (Å²) in [5, 5.41) is 0. The molecule has 9 heteroatoms. The summed E-state index contributed by atoms with van der Waals surface area (Å²) < 4.78 is 51.7. The molecule has 1 rings (SSSR count). The van der Waals surface area contributed by atoms with E-state index in [4.69, 9.17) is 16.4 Å². The van der Waals surface area contributed by atoms with Crippen LogP contribution in [0, 0.1) is 0 Å². The maximum absolute atomic E-state index is 12.6. The van der Waals surface area contributed by atoms with Gasteiger partial charge in [-0.1, -0.05) is 0 Å². The van der Waals surface area contributed by atoms with Gasteiger partial charge >= 0.3 is 0 Å². The van der Waals surface area contributed by atoms with Crippen LogP contribution in [0.1, 0.15) is 12.0 Å². The number of ether oxygens (including phenoxy) is 1. The number of nitrogens with two attached hydrogens (primary N) is 1. The lowest BCUT2D eigenvalue weighted by Crippen LogP contribution is -2.06. The molecular formula is C7H7ClF2N2O3S. The number of methoxy groups -OCH3 is 1. The van der Waals surface area contributed by atoms with Crippen LogP contribution in [0.4, 0.5) is 14.5 Å². The number of hydrogen-bond acceptors (Lipinski definition) is 5. The molecule has 0 unspecified atom stereocenters. The fourth-order valence-corrected chi connectivity index (χ4v) is 1.99. The van der Waals surface area contributed by atoms with E-state index in [0.717, 1.165) is 13.3 Å². The molecule has 0 aliphatic rings. The summed E-state index contributed by atoms with van der Waals surface area (Å²) in [6, 6.07) is 0. The van der Waals surface area contributed by atoms with Gasteiger partial charge in [-0.2, -0.15) is 0 Å². The molecule has 0 atom stereocenters. The standard InChI is InChI=1S/C7H7ClF2N2O3S/c1-15-7-4(6(9)10)5(11)3(2-12-7)16(8,13)14/h2,6H,1H3,(H2,11,12). The van der Waals surface area contributed by atoms with Crippen LogP contribution in [0.15, 0.2) is 11.1 Å². The minimum atomic E-state index is -4.22. The van der Waals surface area contributed by atoms with Crippen molar-refractivity contribution in [2.24, 2.45) is 0 Å². The second kappa shape index (κ2) is 4.38. The summed E-state index contributed by atoms with van der Waals surface area (Å²) in [7, 11) is 1.90. The number of nitrogens with zero attached hydrogens (tertiary/aromatic N) is 1. The van der Waals surface area contributed by atoms with E-state index in [1.807, 2.05) is 0 Å². The average Bonchev–Trinajstić information content (AvgIpc) is 2.14. The number of nitrogen functional groups attached to an aromatic ring is 1. The van der Waals surface area contributed by atoms with Gasteiger partial charge in [0.15, 0.2) is 0 Å². The Morgan fingerprint density at radius 1 is 1.56 bits per heavy atom. The van der Waals surface area contributed by atoms with Gasteiger partial charge in [-0.05, 0) is 0 Å². The number of aromatic nitrogens is 1. The molecule has 1 aromatic heterocycles. The van der Waals surface area contributed by atoms with E-state index in [1.165, 1.54) is 0 Å². The Kier molecular flexibility index (Phi) is 3.54. The van der Waals surface area contributed by atoms with Crippen molar-refractivity contribution >= 4 is 25.4 Å². The lowest BCUT2D eigenvalue weighted by atomic mass is 10.2. The molecule has 0 bridgehead atoms. The predicted molar refractivity (Wildman–Crippen MR) is 53.2 cm³/mol. The third kappa shape index (κ3) is 2.33. The fourth-order valence-electron chi connectivity index (χ4n) is 1.07. The van der Waals surface area contributed by atoms with E-state index in [2.05, 4.69) is 9.72 Å². The average molecular weight is 273 g/mol. The molecule has 5 nitrogen and oxygen atoms in total. The summed E-state index contributed by atoms with van der Waals surface area (Å²) in [6.07, 6.45) is -2.25. The third-order valence-corrected chi connectivity index (χ3v) is 3.11. The zero-order chi connectivity index (χ0) is 12.5. The molecule has 2 N–H and O–H groups in total. The van der Waals surface area contributed by atoms with E-state index in [-0.39, 0.29) is 0 Å². The van der Waals surface area contributed by atoms with Gasteiger partial charge in [0.05, 0.1) is 19.0 Å². The Labute approximate surface area is 94.6 Å². The third-order valence-electron chi connectivity index (χ3n) is 1.76. The normalized spacial score (nSPS) is 11.8. The fraction of sp³-hybridized carbons (Fsp3) is 0.286. The maximum Gasteiger partial charge on any atom is 0.271 e. The van der Waals surface area contributed by atoms with Crippen LogP contribution >= 0.6 is 10.7 Å². The highest BCUT2D eigenvalue weighted by Crippen LogP contribution is 2.36. The topological polar surface area (TPSA) is 82.3 Å². The molecule has 0 spiro atoms. The first-order valence-electron chi connectivity index (χ1n) is 3.84. The van der Waals surface area contributed by atoms with E-state index in [9.17, 15) is 17.2 Å². The van der Waals surface area contributed by atoms with E-state index >= 15 is 0 Å². The largest absolute Gasteiger partial charge is 0.481 e. The van der Waals surface area contributed by atoms with Crippen LogP contribution in [0.3, 0.4) is 0 Å². The zero-order valence-electron chi connectivity index (χ0n) is 7.95. The van der Waals surface area contributed by atoms with Crippen LogP contribution in [0.5, 0.6) is 5.88 Å². The summed E-state index contributed by atoms with van der Waals surface area (Å²) in [6.45, 7) is 0. The van der Waals surface area contributed by atoms with Gasteiger partial charge in [0.1, 0.15) is 10.5 Å². The molecule has 0 amide bonds. The molecule has 0 saturated heterocycles. The summed E-state index contributed by atoms with van der Waals surface area (Å²) in [4.78, 5) is 2.74. The van der Waals surface area contributed by atoms with Crippen LogP contribution < -0.4 is 10.5 Å². The molecule has 1 aromatic rings. The van der Waals surface area contributed by atoms with Gasteiger partial charge in [-0.15, -0.1) is 0 Å². The first kappa shape index (κ1) is 12.9. The SMILES string of the molecule is COc1ncc(S(=O)(=O)Cl)c(N)c1C(F)F. The molecular weight excluding hydrogens is 266 g/mol. The van der Waals surface area contributed by atoms with Crippen LogP contribution in [-0.4, -0.2) is 20.5 Å². The highest BCUT2D eigenvalue weighted by molar-refractivity contribution is 8.13. The summed E-state index contributed by atoms with van der Waals surface area (Å²) in [5.74, 6) is -0.434. The second-order valence-corrected chi connectivity index (χ2v) is 5.23. The molecule has 0 aromatic carbocycles. The van der Waals surface area contributed by atoms with Gasteiger partial charge in [0, 0.05) is 10.7 Å². The number of anilines is 1. The predicted octanol–water partition coefficient (Wildman–Crippen LogP) is 1.54. The zero-order valence-corrected chi connectivity index (χ0v) is 9.52. The first-order chi connectivity index (χ1) is 7.29. The summed E-state index contributed by atoms with van der Waals surface area (Å²) in [5.41, 5.74) is 3.84. The van der Waals surface area contributed by atoms with E-state index < -0.39 is 37.5 Å². The lowest BCUT2D eigenvalue weighted by molar-refractivity contribution is 0.146. The molecule has 16 heavy (non-hydrogen) atoms.